The molecule has 0 saturated carbocycles. The molecule has 3 aromatic rings. The van der Waals surface area contributed by atoms with Crippen molar-refractivity contribution >= 4 is 41.1 Å². The maximum atomic E-state index is 12.4. The number of carbonyl (C=O) groups is 1. The van der Waals surface area contributed by atoms with Crippen molar-refractivity contribution in [3.05, 3.63) is 49.6 Å². The van der Waals surface area contributed by atoms with Crippen molar-refractivity contribution in [3.8, 4) is 11.4 Å². The molecule has 9 heteroatoms. The van der Waals surface area contributed by atoms with Crippen molar-refractivity contribution in [2.24, 2.45) is 0 Å². The third-order valence-electron chi connectivity index (χ3n) is 4.94. The van der Waals surface area contributed by atoms with E-state index >= 15 is 0 Å². The Morgan fingerprint density at radius 1 is 1.28 bits per heavy atom. The molecule has 1 aromatic carbocycles. The van der Waals surface area contributed by atoms with Gasteiger partial charge in [0, 0.05) is 28.4 Å². The first-order valence-electron chi connectivity index (χ1n) is 9.75. The number of benzene rings is 1. The van der Waals surface area contributed by atoms with Crippen LogP contribution in [0.4, 0.5) is 0 Å². The van der Waals surface area contributed by atoms with Crippen molar-refractivity contribution in [2.75, 3.05) is 6.54 Å². The van der Waals surface area contributed by atoms with Gasteiger partial charge in [0.15, 0.2) is 10.6 Å². The van der Waals surface area contributed by atoms with Gasteiger partial charge in [-0.1, -0.05) is 11.6 Å². The molecule has 0 fully saturated rings. The van der Waals surface area contributed by atoms with Crippen LogP contribution >= 0.6 is 35.2 Å². The summed E-state index contributed by atoms with van der Waals surface area (Å²) in [6.07, 6.45) is 6.59. The minimum absolute atomic E-state index is 0.0869. The molecule has 6 nitrogen and oxygen atoms in total. The fraction of sp³-hybridized carbons (Fsp3) is 0.400. The van der Waals surface area contributed by atoms with Gasteiger partial charge < -0.3 is 5.32 Å². The summed E-state index contributed by atoms with van der Waals surface area (Å²) in [4.78, 5) is 18.6. The molecule has 4 rings (SSSR count). The number of thiazole rings is 1. The Bertz CT molecular complexity index is 1030. The van der Waals surface area contributed by atoms with E-state index in [0.717, 1.165) is 24.8 Å². The lowest BCUT2D eigenvalue weighted by molar-refractivity contribution is -0.121. The van der Waals surface area contributed by atoms with Gasteiger partial charge in [0.05, 0.1) is 10.7 Å². The third kappa shape index (κ3) is 4.94. The van der Waals surface area contributed by atoms with Crippen LogP contribution in [-0.2, 0) is 30.6 Å². The van der Waals surface area contributed by atoms with Crippen molar-refractivity contribution in [1.29, 1.82) is 0 Å². The number of H-pyrrole nitrogens is 1. The second-order valence-corrected chi connectivity index (χ2v) is 9.07. The summed E-state index contributed by atoms with van der Waals surface area (Å²) in [6.45, 7) is 0.739. The molecule has 1 aliphatic carbocycles. The van der Waals surface area contributed by atoms with Gasteiger partial charge in [-0.2, -0.15) is 5.10 Å². The Kier molecular flexibility index (Phi) is 6.42. The van der Waals surface area contributed by atoms with Gasteiger partial charge in [-0.3, -0.25) is 14.5 Å². The average Bonchev–Trinajstić information content (AvgIpc) is 3.29. The largest absolute Gasteiger partial charge is 0.355 e. The molecule has 0 atom stereocenters. The average molecular weight is 448 g/mol. The van der Waals surface area contributed by atoms with Crippen LogP contribution in [0.5, 0.6) is 0 Å². The van der Waals surface area contributed by atoms with E-state index < -0.39 is 0 Å². The Morgan fingerprint density at radius 3 is 2.86 bits per heavy atom. The SMILES string of the molecule is O=C(Cn1c(-c2ccc(Cl)cc2)n[nH]c1=S)NCCCc1nc2c(s1)CCCC2. The molecule has 2 aromatic heterocycles. The van der Waals surface area contributed by atoms with Gasteiger partial charge in [-0.15, -0.1) is 11.3 Å². The first-order valence-corrected chi connectivity index (χ1v) is 11.4. The van der Waals surface area contributed by atoms with Gasteiger partial charge in [0.1, 0.15) is 6.54 Å². The van der Waals surface area contributed by atoms with Crippen LogP contribution in [-0.4, -0.2) is 32.2 Å². The minimum atomic E-state index is -0.0869. The van der Waals surface area contributed by atoms with E-state index in [9.17, 15) is 4.79 Å². The topological polar surface area (TPSA) is 75.6 Å². The highest BCUT2D eigenvalue weighted by Gasteiger charge is 2.15. The van der Waals surface area contributed by atoms with E-state index in [4.69, 9.17) is 28.8 Å². The summed E-state index contributed by atoms with van der Waals surface area (Å²) in [5, 5.41) is 11.8. The normalized spacial score (nSPS) is 13.3. The fourth-order valence-corrected chi connectivity index (χ4v) is 4.98. The van der Waals surface area contributed by atoms with Gasteiger partial charge >= 0.3 is 0 Å². The summed E-state index contributed by atoms with van der Waals surface area (Å²) in [6, 6.07) is 7.29. The van der Waals surface area contributed by atoms with E-state index in [-0.39, 0.29) is 12.5 Å². The number of nitrogens with zero attached hydrogens (tertiary/aromatic N) is 3. The molecule has 0 radical (unpaired) electrons. The fourth-order valence-electron chi connectivity index (χ4n) is 3.46. The molecule has 0 unspecified atom stereocenters. The van der Waals surface area contributed by atoms with Crippen LogP contribution in [0, 0.1) is 4.77 Å². The van der Waals surface area contributed by atoms with Crippen molar-refractivity contribution < 1.29 is 4.79 Å². The van der Waals surface area contributed by atoms with Crippen LogP contribution in [0.15, 0.2) is 24.3 Å². The van der Waals surface area contributed by atoms with E-state index in [1.54, 1.807) is 16.7 Å². The predicted molar refractivity (Wildman–Crippen MR) is 118 cm³/mol. The van der Waals surface area contributed by atoms with Crippen molar-refractivity contribution in [2.45, 2.75) is 45.1 Å². The monoisotopic (exact) mass is 447 g/mol. The number of carbonyl (C=O) groups excluding carboxylic acids is 1. The molecule has 0 saturated heterocycles. The number of hydrogen-bond acceptors (Lipinski definition) is 5. The summed E-state index contributed by atoms with van der Waals surface area (Å²) in [7, 11) is 0. The highest BCUT2D eigenvalue weighted by Crippen LogP contribution is 2.27. The first kappa shape index (κ1) is 20.3. The van der Waals surface area contributed by atoms with Gasteiger partial charge in [-0.25, -0.2) is 4.98 Å². The Balaban J connectivity index is 1.30. The standard InChI is InChI=1S/C20H22ClN5OS2/c21-14-9-7-13(8-10-14)19-24-25-20(28)26(19)12-17(27)22-11-3-6-18-23-15-4-1-2-5-16(15)29-18/h7-10H,1-6,11-12H2,(H,22,27)(H,25,28). The molecule has 0 spiro atoms. The van der Waals surface area contributed by atoms with Gasteiger partial charge in [0.2, 0.25) is 5.91 Å². The zero-order valence-electron chi connectivity index (χ0n) is 15.9. The third-order valence-corrected chi connectivity index (χ3v) is 6.72. The molecule has 29 heavy (non-hydrogen) atoms. The maximum absolute atomic E-state index is 12.4. The molecule has 152 valence electrons. The zero-order chi connectivity index (χ0) is 20.2. The summed E-state index contributed by atoms with van der Waals surface area (Å²) >= 11 is 13.1. The number of hydrogen-bond donors (Lipinski definition) is 2. The lowest BCUT2D eigenvalue weighted by Crippen LogP contribution is -2.29. The quantitative estimate of drug-likeness (QED) is 0.417. The molecule has 1 aliphatic rings. The van der Waals surface area contributed by atoms with Crippen molar-refractivity contribution in [3.63, 3.8) is 0 Å². The lowest BCUT2D eigenvalue weighted by atomic mass is 10.0. The Morgan fingerprint density at radius 2 is 2.07 bits per heavy atom. The number of aromatic nitrogens is 4. The van der Waals surface area contributed by atoms with Gasteiger partial charge in [-0.05, 0) is 68.6 Å². The highest BCUT2D eigenvalue weighted by molar-refractivity contribution is 7.71. The molecule has 1 amide bonds. The lowest BCUT2D eigenvalue weighted by Gasteiger charge is -2.08. The van der Waals surface area contributed by atoms with E-state index in [2.05, 4.69) is 15.5 Å². The second kappa shape index (κ2) is 9.19. The molecule has 0 bridgehead atoms. The van der Waals surface area contributed by atoms with Crippen LogP contribution < -0.4 is 5.32 Å². The number of nitrogens with one attached hydrogen (secondary N) is 2. The minimum Gasteiger partial charge on any atom is -0.355 e. The smallest absolute Gasteiger partial charge is 0.240 e. The number of amides is 1. The summed E-state index contributed by atoms with van der Waals surface area (Å²) < 4.78 is 2.11. The number of halogens is 1. The predicted octanol–water partition coefficient (Wildman–Crippen LogP) is 4.35. The van der Waals surface area contributed by atoms with Crippen LogP contribution in [0.25, 0.3) is 11.4 Å². The maximum Gasteiger partial charge on any atom is 0.240 e. The van der Waals surface area contributed by atoms with Crippen molar-refractivity contribution in [1.82, 2.24) is 25.1 Å². The van der Waals surface area contributed by atoms with E-state index in [1.807, 2.05) is 23.5 Å². The molecule has 2 heterocycles. The zero-order valence-corrected chi connectivity index (χ0v) is 18.3. The number of fused-ring (bicyclic) bond motifs is 1. The molecular weight excluding hydrogens is 426 g/mol. The number of rotatable bonds is 7. The van der Waals surface area contributed by atoms with E-state index in [1.165, 1.54) is 34.8 Å². The van der Waals surface area contributed by atoms with Gasteiger partial charge in [0.25, 0.3) is 0 Å². The number of aromatic amines is 1. The Labute approximate surface area is 183 Å². The molecule has 0 aliphatic heterocycles. The first-order chi connectivity index (χ1) is 14.1. The summed E-state index contributed by atoms with van der Waals surface area (Å²) in [5.41, 5.74) is 2.15. The second-order valence-electron chi connectivity index (χ2n) is 7.08. The van der Waals surface area contributed by atoms with Crippen LogP contribution in [0.3, 0.4) is 0 Å². The summed E-state index contributed by atoms with van der Waals surface area (Å²) in [5.74, 6) is 0.534. The molecule has 2 N–H and O–H groups in total. The number of aryl methyl sites for hydroxylation is 3. The molecular formula is C20H22ClN5OS2. The van der Waals surface area contributed by atoms with Crippen LogP contribution in [0.1, 0.15) is 34.8 Å². The van der Waals surface area contributed by atoms with Crippen LogP contribution in [0.2, 0.25) is 5.02 Å². The van der Waals surface area contributed by atoms with E-state index in [0.29, 0.717) is 22.2 Å². The Hall–Kier alpha value is -2.03. The highest BCUT2D eigenvalue weighted by atomic mass is 35.5.